The number of carbonyl (C=O) groups excluding carboxylic acids is 3. The van der Waals surface area contributed by atoms with Crippen molar-refractivity contribution in [1.29, 1.82) is 0 Å². The monoisotopic (exact) mass is 1060 g/mol. The normalized spacial score (nSPS) is 14.4. The Labute approximate surface area is 425 Å². The number of β-lactam (4-membered cyclic amide) rings is 1. The van der Waals surface area contributed by atoms with Gasteiger partial charge in [-0.1, -0.05) is 182 Å². The summed E-state index contributed by atoms with van der Waals surface area (Å²) in [5, 5.41) is 17.3. The maximum atomic E-state index is 15.9. The SMILES string of the molecule is Cn1cnc(CC(=O)OCC2C(=O)N(C(C(=O)OCc3ccc([N+](=O)[O-])cc3)=P(c3ccccc3)(c3ccccc3)c3ccccc3)C2SC(c2ccccc2)(c2ccccc2)c2ccccc2)n1.[Ag]. The third kappa shape index (κ3) is 9.85. The Hall–Kier alpha value is -7.12. The number of non-ortho nitro benzene ring substituents is 1. The first-order valence-electron chi connectivity index (χ1n) is 22.2. The number of carbonyl (C=O) groups is 3. The van der Waals surface area contributed by atoms with Gasteiger partial charge in [0.1, 0.15) is 37.3 Å². The van der Waals surface area contributed by atoms with Crippen LogP contribution in [-0.4, -0.2) is 59.8 Å². The molecule has 1 aliphatic rings. The molecule has 7 aromatic carbocycles. The van der Waals surface area contributed by atoms with Crippen molar-refractivity contribution in [3.63, 3.8) is 0 Å². The van der Waals surface area contributed by atoms with Gasteiger partial charge in [0.15, 0.2) is 5.82 Å². The van der Waals surface area contributed by atoms with E-state index in [-0.39, 0.29) is 58.9 Å². The van der Waals surface area contributed by atoms with E-state index in [1.807, 2.05) is 146 Å². The zero-order valence-corrected chi connectivity index (χ0v) is 40.9. The Balaban J connectivity index is 0.00000659. The van der Waals surface area contributed by atoms with Crippen LogP contribution < -0.4 is 15.9 Å². The number of hydrogen-bond acceptors (Lipinski definition) is 10. The van der Waals surface area contributed by atoms with E-state index in [0.717, 1.165) is 32.6 Å². The van der Waals surface area contributed by atoms with Crippen LogP contribution in [0.2, 0.25) is 0 Å². The molecule has 15 heteroatoms. The molecule has 9 rings (SSSR count). The summed E-state index contributed by atoms with van der Waals surface area (Å²) in [6, 6.07) is 65.1. The largest absolute Gasteiger partial charge is 0.464 e. The van der Waals surface area contributed by atoms with Crippen LogP contribution in [0.5, 0.6) is 0 Å². The van der Waals surface area contributed by atoms with Gasteiger partial charge in [0.25, 0.3) is 5.69 Å². The topological polar surface area (TPSA) is 147 Å². The number of nitrogens with zero attached hydrogens (tertiary/aromatic N) is 5. The van der Waals surface area contributed by atoms with Gasteiger partial charge in [-0.15, -0.1) is 11.8 Å². The van der Waals surface area contributed by atoms with Crippen molar-refractivity contribution in [3.05, 3.63) is 251 Å². The van der Waals surface area contributed by atoms with E-state index < -0.39 is 45.7 Å². The second-order valence-corrected chi connectivity index (χ2v) is 20.9. The quantitative estimate of drug-likeness (QED) is 0.0166. The first-order chi connectivity index (χ1) is 33.7. The molecule has 0 spiro atoms. The van der Waals surface area contributed by atoms with Gasteiger partial charge in [-0.3, -0.25) is 29.3 Å². The van der Waals surface area contributed by atoms with Gasteiger partial charge in [-0.05, 0) is 50.3 Å². The second-order valence-electron chi connectivity index (χ2n) is 16.3. The van der Waals surface area contributed by atoms with Crippen LogP contribution in [0.15, 0.2) is 213 Å². The van der Waals surface area contributed by atoms with Crippen LogP contribution in [0, 0.1) is 16.0 Å². The number of nitro benzene ring substituents is 1. The van der Waals surface area contributed by atoms with E-state index in [1.54, 1.807) is 24.1 Å². The molecule has 2 heterocycles. The number of esters is 2. The van der Waals surface area contributed by atoms with Crippen LogP contribution in [-0.2, 0) is 71.1 Å². The van der Waals surface area contributed by atoms with Gasteiger partial charge in [0.2, 0.25) is 5.91 Å². The van der Waals surface area contributed by atoms with E-state index in [4.69, 9.17) is 9.47 Å². The predicted molar refractivity (Wildman–Crippen MR) is 270 cm³/mol. The van der Waals surface area contributed by atoms with E-state index in [1.165, 1.54) is 34.9 Å². The molecule has 1 aliphatic heterocycles. The standard InChI is InChI=1S/C55H46N5O7PS.Ag/c1-58-39-56-49(57-58)36-50(61)66-38-48-51(62)59(53(48)69-55(41-20-8-2-9-21-41,42-22-10-3-11-23-42)43-24-12-4-13-25-43)52(54(63)67-37-40-32-34-44(35-33-40)60(64)65)68(45-26-14-5-15-27-45,46-28-16-6-17-29-46)47-30-18-7-19-31-47;/h2-35,39,48,53H,36-38H2,1H3;. The van der Waals surface area contributed by atoms with Crippen LogP contribution in [0.25, 0.3) is 0 Å². The summed E-state index contributed by atoms with van der Waals surface area (Å²) >= 11 is 1.49. The Morgan fingerprint density at radius 3 is 1.53 bits per heavy atom. The molecule has 0 N–H and O–H groups in total. The molecule has 2 unspecified atom stereocenters. The molecular formula is C55H46AgN5O7PS. The number of rotatable bonds is 17. The minimum atomic E-state index is -3.43. The van der Waals surface area contributed by atoms with Gasteiger partial charge in [0.05, 0.1) is 15.0 Å². The molecule has 355 valence electrons. The number of ether oxygens (including phenoxy) is 2. The molecule has 1 saturated heterocycles. The summed E-state index contributed by atoms with van der Waals surface area (Å²) in [7, 11) is 1.71. The second kappa shape index (κ2) is 22.1. The number of likely N-dealkylation sites (tertiary alicyclic amines) is 1. The third-order valence-electron chi connectivity index (χ3n) is 12.0. The van der Waals surface area contributed by atoms with Crippen molar-refractivity contribution in [2.75, 3.05) is 6.61 Å². The fourth-order valence-corrected chi connectivity index (χ4v) is 15.2. The molecule has 70 heavy (non-hydrogen) atoms. The average molecular weight is 1060 g/mol. The molecule has 1 aromatic heterocycles. The number of aromatic nitrogens is 3. The maximum Gasteiger partial charge on any atom is 0.356 e. The summed E-state index contributed by atoms with van der Waals surface area (Å²) in [6.45, 7) is -3.98. The molecule has 0 saturated carbocycles. The number of aryl methyl sites for hydroxylation is 1. The van der Waals surface area contributed by atoms with Gasteiger partial charge >= 0.3 is 11.9 Å². The Morgan fingerprint density at radius 2 is 1.11 bits per heavy atom. The fourth-order valence-electron chi connectivity index (χ4n) is 8.86. The van der Waals surface area contributed by atoms with E-state index in [9.17, 15) is 14.9 Å². The molecule has 8 aromatic rings. The van der Waals surface area contributed by atoms with Crippen molar-refractivity contribution in [2.45, 2.75) is 23.1 Å². The molecular weight excluding hydrogens is 1010 g/mol. The smallest absolute Gasteiger partial charge is 0.356 e. The molecule has 1 radical (unpaired) electrons. The third-order valence-corrected chi connectivity index (χ3v) is 18.1. The van der Waals surface area contributed by atoms with Crippen LogP contribution in [0.3, 0.4) is 0 Å². The number of hydrogen-bond donors (Lipinski definition) is 0. The summed E-state index contributed by atoms with van der Waals surface area (Å²) < 4.78 is 12.9. The van der Waals surface area contributed by atoms with Crippen LogP contribution in [0.1, 0.15) is 28.1 Å². The summed E-state index contributed by atoms with van der Waals surface area (Å²) in [5.41, 5.74) is 3.29. The van der Waals surface area contributed by atoms with Crippen molar-refractivity contribution in [1.82, 2.24) is 19.7 Å². The van der Waals surface area contributed by atoms with Gasteiger partial charge < -0.3 is 9.47 Å². The number of amides is 1. The van der Waals surface area contributed by atoms with Crippen LogP contribution >= 0.6 is 18.6 Å². The van der Waals surface area contributed by atoms with E-state index in [2.05, 4.69) is 46.5 Å². The molecule has 12 nitrogen and oxygen atoms in total. The molecule has 0 aliphatic carbocycles. The van der Waals surface area contributed by atoms with Crippen LogP contribution in [0.4, 0.5) is 5.69 Å². The number of thioether (sulfide) groups is 1. The molecule has 0 bridgehead atoms. The van der Waals surface area contributed by atoms with E-state index in [0.29, 0.717) is 5.56 Å². The Kier molecular flexibility index (Phi) is 15.6. The Bertz CT molecular complexity index is 2930. The first kappa shape index (κ1) is 49.3. The zero-order valence-electron chi connectivity index (χ0n) is 37.7. The molecule has 1 amide bonds. The van der Waals surface area contributed by atoms with Gasteiger partial charge in [-0.2, -0.15) is 5.10 Å². The van der Waals surface area contributed by atoms with Gasteiger partial charge in [0, 0.05) is 48.4 Å². The molecule has 1 fully saturated rings. The van der Waals surface area contributed by atoms with Crippen molar-refractivity contribution in [3.8, 4) is 0 Å². The first-order valence-corrected chi connectivity index (χ1v) is 24.9. The van der Waals surface area contributed by atoms with Crippen molar-refractivity contribution >= 4 is 63.5 Å². The molecule has 2 atom stereocenters. The fraction of sp³-hybridized carbons (Fsp3) is 0.127. The summed E-state index contributed by atoms with van der Waals surface area (Å²) in [5.74, 6) is -2.47. The average Bonchev–Trinajstić information content (AvgIpc) is 3.81. The maximum absolute atomic E-state index is 15.9. The summed E-state index contributed by atoms with van der Waals surface area (Å²) in [4.78, 5) is 62.1. The minimum Gasteiger partial charge on any atom is -0.464 e. The summed E-state index contributed by atoms with van der Waals surface area (Å²) in [6.07, 6.45) is 1.29. The van der Waals surface area contributed by atoms with Crippen molar-refractivity contribution < 1.29 is 51.2 Å². The predicted octanol–water partition coefficient (Wildman–Crippen LogP) is 8.18. The van der Waals surface area contributed by atoms with E-state index >= 15 is 9.59 Å². The van der Waals surface area contributed by atoms with Gasteiger partial charge in [-0.25, -0.2) is 9.78 Å². The Morgan fingerprint density at radius 1 is 0.671 bits per heavy atom. The number of nitro groups is 1. The minimum absolute atomic E-state index is 0. The zero-order chi connectivity index (χ0) is 47.8. The van der Waals surface area contributed by atoms with Crippen molar-refractivity contribution in [2.24, 2.45) is 13.0 Å². The number of benzene rings is 7.